The van der Waals surface area contributed by atoms with E-state index >= 15 is 0 Å². The van der Waals surface area contributed by atoms with E-state index in [0.29, 0.717) is 10.6 Å². The third kappa shape index (κ3) is 4.56. The summed E-state index contributed by atoms with van der Waals surface area (Å²) in [6, 6.07) is 4.78. The van der Waals surface area contributed by atoms with E-state index in [2.05, 4.69) is 12.2 Å². The van der Waals surface area contributed by atoms with Crippen LogP contribution in [0.4, 0.5) is 4.39 Å². The smallest absolute Gasteiger partial charge is 0.129 e. The van der Waals surface area contributed by atoms with E-state index in [1.165, 1.54) is 6.07 Å². The minimum absolute atomic E-state index is 0.0443. The molecule has 0 radical (unpaired) electrons. The van der Waals surface area contributed by atoms with Crippen molar-refractivity contribution >= 4 is 11.6 Å². The van der Waals surface area contributed by atoms with Gasteiger partial charge in [-0.25, -0.2) is 4.39 Å². The van der Waals surface area contributed by atoms with E-state index in [9.17, 15) is 4.39 Å². The maximum Gasteiger partial charge on any atom is 0.129 e. The molecule has 4 heteroatoms. The van der Waals surface area contributed by atoms with Gasteiger partial charge < -0.3 is 10.1 Å². The van der Waals surface area contributed by atoms with E-state index in [-0.39, 0.29) is 18.0 Å². The SMILES string of the molecule is CCCNC(CC(C)OC)c1ccc(Cl)cc1F. The Hall–Kier alpha value is -0.640. The summed E-state index contributed by atoms with van der Waals surface area (Å²) in [5.74, 6) is -0.264. The van der Waals surface area contributed by atoms with E-state index in [1.54, 1.807) is 19.2 Å². The van der Waals surface area contributed by atoms with Gasteiger partial charge in [-0.15, -0.1) is 0 Å². The van der Waals surface area contributed by atoms with Gasteiger partial charge >= 0.3 is 0 Å². The number of methoxy groups -OCH3 is 1. The Balaban J connectivity index is 2.86. The minimum Gasteiger partial charge on any atom is -0.382 e. The summed E-state index contributed by atoms with van der Waals surface area (Å²) in [6.07, 6.45) is 1.82. The molecule has 18 heavy (non-hydrogen) atoms. The number of benzene rings is 1. The molecule has 0 aliphatic carbocycles. The lowest BCUT2D eigenvalue weighted by molar-refractivity contribution is 0.0999. The quantitative estimate of drug-likeness (QED) is 0.812. The van der Waals surface area contributed by atoms with Gasteiger partial charge in [-0.3, -0.25) is 0 Å². The number of hydrogen-bond acceptors (Lipinski definition) is 2. The van der Waals surface area contributed by atoms with Gasteiger partial charge in [0.15, 0.2) is 0 Å². The van der Waals surface area contributed by atoms with Crippen LogP contribution in [0.1, 0.15) is 38.3 Å². The van der Waals surface area contributed by atoms with Crippen molar-refractivity contribution < 1.29 is 9.13 Å². The van der Waals surface area contributed by atoms with Crippen molar-refractivity contribution in [1.29, 1.82) is 0 Å². The summed E-state index contributed by atoms with van der Waals surface area (Å²) in [7, 11) is 1.67. The highest BCUT2D eigenvalue weighted by atomic mass is 35.5. The van der Waals surface area contributed by atoms with Crippen molar-refractivity contribution in [1.82, 2.24) is 5.32 Å². The topological polar surface area (TPSA) is 21.3 Å². The maximum atomic E-state index is 13.9. The highest BCUT2D eigenvalue weighted by Gasteiger charge is 2.18. The fourth-order valence-corrected chi connectivity index (χ4v) is 2.01. The summed E-state index contributed by atoms with van der Waals surface area (Å²) in [5.41, 5.74) is 0.650. The lowest BCUT2D eigenvalue weighted by Gasteiger charge is -2.22. The van der Waals surface area contributed by atoms with Crippen molar-refractivity contribution in [2.45, 2.75) is 38.8 Å². The first-order chi connectivity index (χ1) is 8.58. The first-order valence-electron chi connectivity index (χ1n) is 6.29. The van der Waals surface area contributed by atoms with Gasteiger partial charge in [0.1, 0.15) is 5.82 Å². The van der Waals surface area contributed by atoms with Gasteiger partial charge in [-0.1, -0.05) is 24.6 Å². The Morgan fingerprint density at radius 3 is 2.72 bits per heavy atom. The van der Waals surface area contributed by atoms with Gasteiger partial charge in [0.05, 0.1) is 6.10 Å². The lowest BCUT2D eigenvalue weighted by atomic mass is 10.0. The van der Waals surface area contributed by atoms with Crippen molar-refractivity contribution in [3.63, 3.8) is 0 Å². The highest BCUT2D eigenvalue weighted by molar-refractivity contribution is 6.30. The van der Waals surface area contributed by atoms with Crippen molar-refractivity contribution in [3.8, 4) is 0 Å². The predicted octanol–water partition coefficient (Wildman–Crippen LogP) is 3.94. The van der Waals surface area contributed by atoms with E-state index < -0.39 is 0 Å². The molecule has 0 aromatic heterocycles. The first-order valence-corrected chi connectivity index (χ1v) is 6.67. The molecule has 0 aliphatic heterocycles. The zero-order valence-corrected chi connectivity index (χ0v) is 11.9. The van der Waals surface area contributed by atoms with Gasteiger partial charge in [0.2, 0.25) is 0 Å². The molecule has 0 spiro atoms. The van der Waals surface area contributed by atoms with Crippen LogP contribution < -0.4 is 5.32 Å². The minimum atomic E-state index is -0.264. The second-order valence-corrected chi connectivity index (χ2v) is 4.89. The predicted molar refractivity (Wildman–Crippen MR) is 73.5 cm³/mol. The Morgan fingerprint density at radius 1 is 1.44 bits per heavy atom. The van der Waals surface area contributed by atoms with Gasteiger partial charge in [0.25, 0.3) is 0 Å². The number of ether oxygens (including phenoxy) is 1. The average Bonchev–Trinajstić information content (AvgIpc) is 2.34. The monoisotopic (exact) mass is 273 g/mol. The molecule has 2 nitrogen and oxygen atoms in total. The zero-order valence-electron chi connectivity index (χ0n) is 11.2. The molecule has 0 saturated carbocycles. The first kappa shape index (κ1) is 15.4. The molecule has 1 N–H and O–H groups in total. The maximum absolute atomic E-state index is 13.9. The third-order valence-corrected chi connectivity index (χ3v) is 3.18. The second kappa shape index (κ2) is 7.72. The van der Waals surface area contributed by atoms with Crippen LogP contribution in [0.25, 0.3) is 0 Å². The van der Waals surface area contributed by atoms with Crippen molar-refractivity contribution in [2.24, 2.45) is 0 Å². The molecule has 0 saturated heterocycles. The second-order valence-electron chi connectivity index (χ2n) is 4.45. The molecule has 2 atom stereocenters. The fourth-order valence-electron chi connectivity index (χ4n) is 1.85. The molecule has 1 rings (SSSR count). The molecule has 0 aliphatic rings. The van der Waals surface area contributed by atoms with Gasteiger partial charge in [0, 0.05) is 23.7 Å². The van der Waals surface area contributed by atoms with Crippen LogP contribution >= 0.6 is 11.6 Å². The average molecular weight is 274 g/mol. The highest BCUT2D eigenvalue weighted by Crippen LogP contribution is 2.24. The number of nitrogens with one attached hydrogen (secondary N) is 1. The molecule has 0 amide bonds. The Bertz CT molecular complexity index is 373. The Labute approximate surface area is 113 Å². The standard InChI is InChI=1S/C14H21ClFNO/c1-4-7-17-14(8-10(2)18-3)12-6-5-11(15)9-13(12)16/h5-6,9-10,14,17H,4,7-8H2,1-3H3. The number of hydrogen-bond donors (Lipinski definition) is 1. The van der Waals surface area contributed by atoms with Crippen LogP contribution in [0, 0.1) is 5.82 Å². The molecule has 1 aromatic rings. The lowest BCUT2D eigenvalue weighted by Crippen LogP contribution is -2.26. The van der Waals surface area contributed by atoms with E-state index in [4.69, 9.17) is 16.3 Å². The summed E-state index contributed by atoms with van der Waals surface area (Å²) in [5, 5.41) is 3.77. The fraction of sp³-hybridized carbons (Fsp3) is 0.571. The molecule has 0 heterocycles. The molecule has 0 fully saturated rings. The van der Waals surface area contributed by atoms with Crippen molar-refractivity contribution in [3.05, 3.63) is 34.6 Å². The summed E-state index contributed by atoms with van der Waals surface area (Å²) in [6.45, 7) is 4.92. The molecule has 102 valence electrons. The zero-order chi connectivity index (χ0) is 13.5. The van der Waals surface area contributed by atoms with Crippen LogP contribution in [0.2, 0.25) is 5.02 Å². The van der Waals surface area contributed by atoms with Crippen molar-refractivity contribution in [2.75, 3.05) is 13.7 Å². The third-order valence-electron chi connectivity index (χ3n) is 2.95. The van der Waals surface area contributed by atoms with E-state index in [0.717, 1.165) is 19.4 Å². The van der Waals surface area contributed by atoms with E-state index in [1.807, 2.05) is 6.92 Å². The molecular formula is C14H21ClFNO. The summed E-state index contributed by atoms with van der Waals surface area (Å²) < 4.78 is 19.2. The molecule has 0 bridgehead atoms. The van der Waals surface area contributed by atoms with Crippen LogP contribution in [0.5, 0.6) is 0 Å². The molecule has 2 unspecified atom stereocenters. The van der Waals surface area contributed by atoms with Crippen LogP contribution in [0.3, 0.4) is 0 Å². The van der Waals surface area contributed by atoms with Crippen LogP contribution in [0.15, 0.2) is 18.2 Å². The Kier molecular flexibility index (Phi) is 6.61. The van der Waals surface area contributed by atoms with Crippen LogP contribution in [-0.4, -0.2) is 19.8 Å². The number of rotatable bonds is 7. The largest absolute Gasteiger partial charge is 0.382 e. The normalized spacial score (nSPS) is 14.5. The van der Waals surface area contributed by atoms with Gasteiger partial charge in [-0.05, 0) is 38.4 Å². The van der Waals surface area contributed by atoms with Gasteiger partial charge in [-0.2, -0.15) is 0 Å². The van der Waals surface area contributed by atoms with Crippen LogP contribution in [-0.2, 0) is 4.74 Å². The molecule has 1 aromatic carbocycles. The summed E-state index contributed by atoms with van der Waals surface area (Å²) >= 11 is 5.77. The summed E-state index contributed by atoms with van der Waals surface area (Å²) in [4.78, 5) is 0. The molecular weight excluding hydrogens is 253 g/mol. The number of halogens is 2. The Morgan fingerprint density at radius 2 is 2.17 bits per heavy atom.